The highest BCUT2D eigenvalue weighted by molar-refractivity contribution is 7.21. The number of anilines is 1. The molecule has 0 atom stereocenters. The Kier molecular flexibility index (Phi) is 4.13. The minimum absolute atomic E-state index is 0.173. The van der Waals surface area contributed by atoms with Gasteiger partial charge in [-0.25, -0.2) is 9.37 Å². The number of rotatable bonds is 4. The van der Waals surface area contributed by atoms with Crippen LogP contribution in [-0.2, 0) is 11.3 Å². The number of carbonyl (C=O) groups is 1. The molecule has 1 amide bonds. The van der Waals surface area contributed by atoms with Crippen LogP contribution in [0.1, 0.15) is 15.2 Å². The minimum Gasteiger partial charge on any atom is -0.380 e. The molecule has 0 radical (unpaired) electrons. The summed E-state index contributed by atoms with van der Waals surface area (Å²) >= 11 is 1.25. The maximum atomic E-state index is 14.1. The quantitative estimate of drug-likeness (QED) is 0.796. The molecule has 22 heavy (non-hydrogen) atoms. The van der Waals surface area contributed by atoms with Gasteiger partial charge in [0.25, 0.3) is 5.91 Å². The zero-order chi connectivity index (χ0) is 15.5. The molecule has 0 aliphatic rings. The number of hydrogen-bond acceptors (Lipinski definition) is 4. The van der Waals surface area contributed by atoms with Crippen molar-refractivity contribution in [3.05, 3.63) is 58.9 Å². The average Bonchev–Trinajstić information content (AvgIpc) is 2.89. The van der Waals surface area contributed by atoms with Crippen LogP contribution in [0, 0.1) is 5.82 Å². The zero-order valence-corrected chi connectivity index (χ0v) is 12.6. The fourth-order valence-electron chi connectivity index (χ4n) is 2.24. The third-order valence-electron chi connectivity index (χ3n) is 3.16. The number of thiophene rings is 1. The van der Waals surface area contributed by atoms with E-state index in [1.807, 2.05) is 0 Å². The van der Waals surface area contributed by atoms with Gasteiger partial charge in [-0.05, 0) is 24.3 Å². The van der Waals surface area contributed by atoms with Gasteiger partial charge < -0.3 is 10.1 Å². The monoisotopic (exact) mass is 316 g/mol. The minimum atomic E-state index is -0.349. The normalized spacial score (nSPS) is 10.8. The number of halogens is 1. The molecular formula is C16H13FN2O2S. The lowest BCUT2D eigenvalue weighted by Crippen LogP contribution is -2.13. The van der Waals surface area contributed by atoms with Crippen LogP contribution >= 0.6 is 11.3 Å². The van der Waals surface area contributed by atoms with E-state index >= 15 is 0 Å². The number of methoxy groups -OCH3 is 1. The van der Waals surface area contributed by atoms with Gasteiger partial charge in [0.15, 0.2) is 0 Å². The lowest BCUT2D eigenvalue weighted by atomic mass is 10.1. The first kappa shape index (κ1) is 14.6. The van der Waals surface area contributed by atoms with Crippen LogP contribution in [0.3, 0.4) is 0 Å². The van der Waals surface area contributed by atoms with Crippen LogP contribution in [0.15, 0.2) is 42.6 Å². The van der Waals surface area contributed by atoms with E-state index in [4.69, 9.17) is 4.74 Å². The Morgan fingerprint density at radius 2 is 2.18 bits per heavy atom. The SMILES string of the molecule is COCc1c(C(=O)Nc2ccccn2)sc2cccc(F)c12. The van der Waals surface area contributed by atoms with Crippen molar-refractivity contribution in [1.82, 2.24) is 4.98 Å². The number of ether oxygens (including phenoxy) is 1. The number of fused-ring (bicyclic) bond motifs is 1. The number of aromatic nitrogens is 1. The van der Waals surface area contributed by atoms with Gasteiger partial charge in [-0.1, -0.05) is 12.1 Å². The van der Waals surface area contributed by atoms with Gasteiger partial charge in [0.1, 0.15) is 11.6 Å². The number of pyridine rings is 1. The predicted octanol–water partition coefficient (Wildman–Crippen LogP) is 3.83. The lowest BCUT2D eigenvalue weighted by Gasteiger charge is -2.05. The Morgan fingerprint density at radius 3 is 2.91 bits per heavy atom. The molecule has 0 saturated heterocycles. The summed E-state index contributed by atoms with van der Waals surface area (Å²) in [5, 5.41) is 3.16. The molecule has 1 aromatic carbocycles. The smallest absolute Gasteiger partial charge is 0.267 e. The molecule has 0 fully saturated rings. The van der Waals surface area contributed by atoms with E-state index < -0.39 is 0 Å². The third-order valence-corrected chi connectivity index (χ3v) is 4.36. The first-order valence-electron chi connectivity index (χ1n) is 6.62. The van der Waals surface area contributed by atoms with Crippen molar-refractivity contribution in [1.29, 1.82) is 0 Å². The highest BCUT2D eigenvalue weighted by Gasteiger charge is 2.20. The molecule has 6 heteroatoms. The fraction of sp³-hybridized carbons (Fsp3) is 0.125. The van der Waals surface area contributed by atoms with Gasteiger partial charge in [0, 0.05) is 29.0 Å². The van der Waals surface area contributed by atoms with Crippen LogP contribution in [0.2, 0.25) is 0 Å². The molecule has 0 bridgehead atoms. The highest BCUT2D eigenvalue weighted by Crippen LogP contribution is 2.34. The predicted molar refractivity (Wildman–Crippen MR) is 84.7 cm³/mol. The molecule has 1 N–H and O–H groups in total. The number of hydrogen-bond donors (Lipinski definition) is 1. The number of nitrogens with zero attached hydrogens (tertiary/aromatic N) is 1. The van der Waals surface area contributed by atoms with Crippen molar-refractivity contribution >= 4 is 33.1 Å². The number of nitrogens with one attached hydrogen (secondary N) is 1. The van der Waals surface area contributed by atoms with E-state index in [2.05, 4.69) is 10.3 Å². The molecule has 112 valence electrons. The molecule has 3 aromatic rings. The van der Waals surface area contributed by atoms with Crippen molar-refractivity contribution in [2.75, 3.05) is 12.4 Å². The highest BCUT2D eigenvalue weighted by atomic mass is 32.1. The van der Waals surface area contributed by atoms with E-state index in [0.29, 0.717) is 21.6 Å². The first-order valence-corrected chi connectivity index (χ1v) is 7.43. The van der Waals surface area contributed by atoms with Gasteiger partial charge in [-0.15, -0.1) is 11.3 Å². The topological polar surface area (TPSA) is 51.2 Å². The van der Waals surface area contributed by atoms with E-state index in [-0.39, 0.29) is 18.3 Å². The summed E-state index contributed by atoms with van der Waals surface area (Å²) in [6.45, 7) is 0.173. The summed E-state index contributed by atoms with van der Waals surface area (Å²) in [7, 11) is 1.52. The van der Waals surface area contributed by atoms with E-state index in [9.17, 15) is 9.18 Å². The zero-order valence-electron chi connectivity index (χ0n) is 11.8. The molecule has 3 rings (SSSR count). The van der Waals surface area contributed by atoms with Crippen LogP contribution in [-0.4, -0.2) is 18.0 Å². The molecule has 4 nitrogen and oxygen atoms in total. The molecule has 0 aliphatic carbocycles. The molecule has 0 unspecified atom stereocenters. The number of carbonyl (C=O) groups excluding carboxylic acids is 1. The number of benzene rings is 1. The van der Waals surface area contributed by atoms with Crippen LogP contribution in [0.4, 0.5) is 10.2 Å². The summed E-state index contributed by atoms with van der Waals surface area (Å²) in [4.78, 5) is 17.0. The summed E-state index contributed by atoms with van der Waals surface area (Å²) in [6, 6.07) is 10.0. The van der Waals surface area contributed by atoms with Crippen molar-refractivity contribution in [2.24, 2.45) is 0 Å². The molecule has 0 saturated carbocycles. The molecule has 2 heterocycles. The lowest BCUT2D eigenvalue weighted by molar-refractivity contribution is 0.102. The van der Waals surface area contributed by atoms with E-state index in [1.54, 1.807) is 36.5 Å². The Labute approximate surface area is 130 Å². The number of amides is 1. The Hall–Kier alpha value is -2.31. The second kappa shape index (κ2) is 6.21. The maximum Gasteiger partial charge on any atom is 0.267 e. The Morgan fingerprint density at radius 1 is 1.32 bits per heavy atom. The van der Waals surface area contributed by atoms with Crippen LogP contribution in [0.25, 0.3) is 10.1 Å². The molecule has 0 aliphatic heterocycles. The summed E-state index contributed by atoms with van der Waals surface area (Å²) in [5.74, 6) is -0.210. The van der Waals surface area contributed by atoms with Gasteiger partial charge in [-0.2, -0.15) is 0 Å². The summed E-state index contributed by atoms with van der Waals surface area (Å²) in [5.41, 5.74) is 0.564. The van der Waals surface area contributed by atoms with Crippen LogP contribution in [0.5, 0.6) is 0 Å². The molecule has 2 aromatic heterocycles. The van der Waals surface area contributed by atoms with Crippen LogP contribution < -0.4 is 5.32 Å². The van der Waals surface area contributed by atoms with Gasteiger partial charge >= 0.3 is 0 Å². The Balaban J connectivity index is 2.04. The van der Waals surface area contributed by atoms with E-state index in [1.165, 1.54) is 24.5 Å². The fourth-order valence-corrected chi connectivity index (χ4v) is 3.36. The van der Waals surface area contributed by atoms with Gasteiger partial charge in [0.2, 0.25) is 0 Å². The standard InChI is InChI=1S/C16H13FN2O2S/c1-21-9-10-14-11(17)5-4-6-12(14)22-15(10)16(20)19-13-7-2-3-8-18-13/h2-8H,9H2,1H3,(H,18,19,20). The van der Waals surface area contributed by atoms with Gasteiger partial charge in [-0.3, -0.25) is 4.79 Å². The van der Waals surface area contributed by atoms with Crippen molar-refractivity contribution in [2.45, 2.75) is 6.61 Å². The maximum absolute atomic E-state index is 14.1. The van der Waals surface area contributed by atoms with Crippen molar-refractivity contribution in [3.63, 3.8) is 0 Å². The average molecular weight is 316 g/mol. The first-order chi connectivity index (χ1) is 10.7. The van der Waals surface area contributed by atoms with Crippen molar-refractivity contribution < 1.29 is 13.9 Å². The second-order valence-electron chi connectivity index (χ2n) is 4.62. The van der Waals surface area contributed by atoms with E-state index in [0.717, 1.165) is 4.70 Å². The van der Waals surface area contributed by atoms with Crippen molar-refractivity contribution in [3.8, 4) is 0 Å². The van der Waals surface area contributed by atoms with Gasteiger partial charge in [0.05, 0.1) is 11.5 Å². The largest absolute Gasteiger partial charge is 0.380 e. The molecular weight excluding hydrogens is 303 g/mol. The Bertz CT molecular complexity index is 818. The third kappa shape index (κ3) is 2.70. The second-order valence-corrected chi connectivity index (χ2v) is 5.68. The molecule has 0 spiro atoms. The summed E-state index contributed by atoms with van der Waals surface area (Å²) in [6.07, 6.45) is 1.59. The summed E-state index contributed by atoms with van der Waals surface area (Å²) < 4.78 is 19.9.